The lowest BCUT2D eigenvalue weighted by Crippen LogP contribution is -2.50. The molecule has 0 amide bonds. The first kappa shape index (κ1) is 14.1. The molecule has 20 heavy (non-hydrogen) atoms. The fourth-order valence-corrected chi connectivity index (χ4v) is 3.92. The summed E-state index contributed by atoms with van der Waals surface area (Å²) in [6, 6.07) is 12.5. The second-order valence-electron chi connectivity index (χ2n) is 6.39. The summed E-state index contributed by atoms with van der Waals surface area (Å²) in [5.41, 5.74) is 1.49. The van der Waals surface area contributed by atoms with E-state index in [4.69, 9.17) is 0 Å². The molecule has 0 radical (unpaired) electrons. The maximum Gasteiger partial charge on any atom is 0.0249 e. The molecule has 110 valence electrons. The Morgan fingerprint density at radius 2 is 1.95 bits per heavy atom. The highest BCUT2D eigenvalue weighted by molar-refractivity contribution is 5.14. The molecule has 1 N–H and O–H groups in total. The van der Waals surface area contributed by atoms with E-state index in [2.05, 4.69) is 40.5 Å². The van der Waals surface area contributed by atoms with Gasteiger partial charge >= 0.3 is 0 Å². The molecule has 2 nitrogen and oxygen atoms in total. The van der Waals surface area contributed by atoms with Crippen molar-refractivity contribution in [3.05, 3.63) is 35.9 Å². The lowest BCUT2D eigenvalue weighted by Gasteiger charge is -2.39. The van der Waals surface area contributed by atoms with Crippen LogP contribution < -0.4 is 5.32 Å². The standard InChI is InChI=1S/C18H28N2/c1-2-8-16(9-3-1)10-7-15-20-14-5-4-12-18(20)17-11-6-13-19-17/h1-3,8-9,17-19H,4-7,10-15H2. The molecule has 2 heteroatoms. The van der Waals surface area contributed by atoms with Crippen LogP contribution in [0.3, 0.4) is 0 Å². The topological polar surface area (TPSA) is 15.3 Å². The van der Waals surface area contributed by atoms with Gasteiger partial charge in [0.15, 0.2) is 0 Å². The summed E-state index contributed by atoms with van der Waals surface area (Å²) in [6.07, 6.45) is 9.52. The third kappa shape index (κ3) is 3.62. The highest BCUT2D eigenvalue weighted by atomic mass is 15.2. The van der Waals surface area contributed by atoms with Gasteiger partial charge in [0.25, 0.3) is 0 Å². The van der Waals surface area contributed by atoms with Gasteiger partial charge in [0.1, 0.15) is 0 Å². The zero-order valence-corrected chi connectivity index (χ0v) is 12.6. The van der Waals surface area contributed by atoms with E-state index in [1.165, 1.54) is 70.1 Å². The average Bonchev–Trinajstić information content (AvgIpc) is 3.03. The maximum absolute atomic E-state index is 3.72. The summed E-state index contributed by atoms with van der Waals surface area (Å²) < 4.78 is 0. The molecule has 0 aliphatic carbocycles. The molecule has 2 heterocycles. The van der Waals surface area contributed by atoms with Crippen LogP contribution in [0.4, 0.5) is 0 Å². The Hall–Kier alpha value is -0.860. The van der Waals surface area contributed by atoms with Crippen LogP contribution in [-0.4, -0.2) is 36.6 Å². The van der Waals surface area contributed by atoms with Gasteiger partial charge in [0, 0.05) is 12.1 Å². The Morgan fingerprint density at radius 1 is 1.05 bits per heavy atom. The molecule has 2 fully saturated rings. The zero-order chi connectivity index (χ0) is 13.6. The largest absolute Gasteiger partial charge is 0.312 e. The van der Waals surface area contributed by atoms with Crippen molar-refractivity contribution in [2.24, 2.45) is 0 Å². The van der Waals surface area contributed by atoms with Crippen LogP contribution in [0.1, 0.15) is 44.1 Å². The van der Waals surface area contributed by atoms with Crippen molar-refractivity contribution in [1.29, 1.82) is 0 Å². The fourth-order valence-electron chi connectivity index (χ4n) is 3.92. The normalized spacial score (nSPS) is 27.8. The Bertz CT molecular complexity index is 384. The molecule has 2 aliphatic rings. The van der Waals surface area contributed by atoms with E-state index < -0.39 is 0 Å². The van der Waals surface area contributed by atoms with Crippen molar-refractivity contribution in [3.63, 3.8) is 0 Å². The highest BCUT2D eigenvalue weighted by Crippen LogP contribution is 2.24. The number of benzene rings is 1. The van der Waals surface area contributed by atoms with E-state index in [9.17, 15) is 0 Å². The molecular weight excluding hydrogens is 244 g/mol. The monoisotopic (exact) mass is 272 g/mol. The molecule has 0 saturated carbocycles. The molecule has 0 spiro atoms. The molecule has 2 atom stereocenters. The number of hydrogen-bond donors (Lipinski definition) is 1. The van der Waals surface area contributed by atoms with E-state index >= 15 is 0 Å². The number of nitrogens with one attached hydrogen (secondary N) is 1. The average molecular weight is 272 g/mol. The van der Waals surface area contributed by atoms with E-state index in [1.807, 2.05) is 0 Å². The van der Waals surface area contributed by atoms with Crippen LogP contribution >= 0.6 is 0 Å². The second kappa shape index (κ2) is 7.24. The van der Waals surface area contributed by atoms with Gasteiger partial charge in [0.05, 0.1) is 0 Å². The first-order valence-electron chi connectivity index (χ1n) is 8.45. The van der Waals surface area contributed by atoms with Crippen molar-refractivity contribution in [2.45, 2.75) is 57.0 Å². The van der Waals surface area contributed by atoms with Crippen LogP contribution in [0.25, 0.3) is 0 Å². The minimum atomic E-state index is 0.770. The van der Waals surface area contributed by atoms with E-state index in [0.29, 0.717) is 0 Å². The highest BCUT2D eigenvalue weighted by Gasteiger charge is 2.30. The third-order valence-electron chi connectivity index (χ3n) is 4.98. The van der Waals surface area contributed by atoms with Gasteiger partial charge in [-0.25, -0.2) is 0 Å². The number of aryl methyl sites for hydroxylation is 1. The first-order chi connectivity index (χ1) is 9.93. The third-order valence-corrected chi connectivity index (χ3v) is 4.98. The molecule has 2 aliphatic heterocycles. The lowest BCUT2D eigenvalue weighted by molar-refractivity contribution is 0.118. The lowest BCUT2D eigenvalue weighted by atomic mass is 9.94. The van der Waals surface area contributed by atoms with Crippen molar-refractivity contribution < 1.29 is 0 Å². The fraction of sp³-hybridized carbons (Fsp3) is 0.667. The quantitative estimate of drug-likeness (QED) is 0.885. The number of hydrogen-bond acceptors (Lipinski definition) is 2. The number of likely N-dealkylation sites (tertiary alicyclic amines) is 1. The minimum Gasteiger partial charge on any atom is -0.312 e. The number of piperidine rings is 1. The Balaban J connectivity index is 1.49. The smallest absolute Gasteiger partial charge is 0.0249 e. The molecule has 1 aromatic carbocycles. The predicted molar refractivity (Wildman–Crippen MR) is 85.0 cm³/mol. The second-order valence-corrected chi connectivity index (χ2v) is 6.39. The molecule has 0 bridgehead atoms. The van der Waals surface area contributed by atoms with Gasteiger partial charge in [-0.15, -0.1) is 0 Å². The molecule has 0 aromatic heterocycles. The SMILES string of the molecule is c1ccc(CCCN2CCCCC2C2CCCN2)cc1. The number of rotatable bonds is 5. The predicted octanol–water partition coefficient (Wildman–Crippen LogP) is 3.23. The summed E-state index contributed by atoms with van der Waals surface area (Å²) in [7, 11) is 0. The Labute approximate surface area is 123 Å². The van der Waals surface area contributed by atoms with Crippen LogP contribution in [0.2, 0.25) is 0 Å². The van der Waals surface area contributed by atoms with Crippen molar-refractivity contribution in [2.75, 3.05) is 19.6 Å². The zero-order valence-electron chi connectivity index (χ0n) is 12.6. The first-order valence-corrected chi connectivity index (χ1v) is 8.45. The van der Waals surface area contributed by atoms with Crippen LogP contribution in [0, 0.1) is 0 Å². The van der Waals surface area contributed by atoms with Gasteiger partial charge in [-0.05, 0) is 63.7 Å². The van der Waals surface area contributed by atoms with Gasteiger partial charge in [-0.3, -0.25) is 4.90 Å². The van der Waals surface area contributed by atoms with E-state index in [-0.39, 0.29) is 0 Å². The van der Waals surface area contributed by atoms with E-state index in [1.54, 1.807) is 0 Å². The van der Waals surface area contributed by atoms with Crippen LogP contribution in [-0.2, 0) is 6.42 Å². The summed E-state index contributed by atoms with van der Waals surface area (Å²) in [4.78, 5) is 2.77. The molecule has 1 aromatic rings. The Kier molecular flexibility index (Phi) is 5.10. The van der Waals surface area contributed by atoms with Crippen molar-refractivity contribution in [1.82, 2.24) is 10.2 Å². The molecule has 2 saturated heterocycles. The van der Waals surface area contributed by atoms with Crippen molar-refractivity contribution in [3.8, 4) is 0 Å². The number of nitrogens with zero attached hydrogens (tertiary/aromatic N) is 1. The molecular formula is C18H28N2. The minimum absolute atomic E-state index is 0.770. The molecule has 3 rings (SSSR count). The van der Waals surface area contributed by atoms with Gasteiger partial charge < -0.3 is 5.32 Å². The summed E-state index contributed by atoms with van der Waals surface area (Å²) >= 11 is 0. The summed E-state index contributed by atoms with van der Waals surface area (Å²) in [6.45, 7) is 3.83. The van der Waals surface area contributed by atoms with Crippen LogP contribution in [0.5, 0.6) is 0 Å². The van der Waals surface area contributed by atoms with Gasteiger partial charge in [0.2, 0.25) is 0 Å². The summed E-state index contributed by atoms with van der Waals surface area (Å²) in [5, 5.41) is 3.72. The molecule has 2 unspecified atom stereocenters. The van der Waals surface area contributed by atoms with Crippen LogP contribution in [0.15, 0.2) is 30.3 Å². The van der Waals surface area contributed by atoms with Crippen molar-refractivity contribution >= 4 is 0 Å². The van der Waals surface area contributed by atoms with Gasteiger partial charge in [-0.1, -0.05) is 36.8 Å². The Morgan fingerprint density at radius 3 is 2.75 bits per heavy atom. The van der Waals surface area contributed by atoms with Gasteiger partial charge in [-0.2, -0.15) is 0 Å². The summed E-state index contributed by atoms with van der Waals surface area (Å²) in [5.74, 6) is 0. The maximum atomic E-state index is 3.72. The van der Waals surface area contributed by atoms with E-state index in [0.717, 1.165) is 12.1 Å².